The fourth-order valence-corrected chi connectivity index (χ4v) is 5.38. The summed E-state index contributed by atoms with van der Waals surface area (Å²) in [6.45, 7) is -0.680. The number of carbonyl (C=O) groups excluding carboxylic acids is 2. The van der Waals surface area contributed by atoms with Crippen LogP contribution in [-0.4, -0.2) is 68.5 Å². The van der Waals surface area contributed by atoms with E-state index in [-0.39, 0.29) is 23.6 Å². The summed E-state index contributed by atoms with van der Waals surface area (Å²) in [7, 11) is -2.06. The molecule has 0 saturated heterocycles. The van der Waals surface area contributed by atoms with E-state index in [0.717, 1.165) is 17.4 Å². The average molecular weight is 545 g/mol. The van der Waals surface area contributed by atoms with E-state index in [1.54, 1.807) is 12.1 Å². The molecule has 0 fully saturated rings. The van der Waals surface area contributed by atoms with E-state index in [9.17, 15) is 31.2 Å². The third-order valence-corrected chi connectivity index (χ3v) is 7.05. The normalized spacial score (nSPS) is 18.9. The van der Waals surface area contributed by atoms with E-state index in [0.29, 0.717) is 38.1 Å². The van der Waals surface area contributed by atoms with Gasteiger partial charge in [0.05, 0.1) is 11.2 Å². The zero-order valence-electron chi connectivity index (χ0n) is 20.3. The van der Waals surface area contributed by atoms with Crippen LogP contribution in [0.15, 0.2) is 18.2 Å². The number of halogens is 3. The van der Waals surface area contributed by atoms with Crippen molar-refractivity contribution in [2.75, 3.05) is 37.6 Å². The molecule has 2 aliphatic rings. The van der Waals surface area contributed by atoms with Gasteiger partial charge in [-0.25, -0.2) is 13.1 Å². The fraction of sp³-hybridized carbons (Fsp3) is 0.522. The van der Waals surface area contributed by atoms with Crippen molar-refractivity contribution in [2.24, 2.45) is 0 Å². The topological polar surface area (TPSA) is 129 Å². The number of fused-ring (bicyclic) bond motifs is 3. The van der Waals surface area contributed by atoms with E-state index >= 15 is 0 Å². The molecule has 0 saturated carbocycles. The molecule has 1 aliphatic heterocycles. The Balaban J connectivity index is 1.64. The molecule has 2 aromatic rings. The monoisotopic (exact) mass is 544 g/mol. The molecule has 37 heavy (non-hydrogen) atoms. The molecule has 2 heterocycles. The van der Waals surface area contributed by atoms with Gasteiger partial charge in [0.2, 0.25) is 5.91 Å². The summed E-state index contributed by atoms with van der Waals surface area (Å²) in [5.41, 5.74) is 1.30. The molecule has 2 amide bonds. The van der Waals surface area contributed by atoms with Gasteiger partial charge in [-0.1, -0.05) is 6.07 Å². The minimum Gasteiger partial charge on any atom is -0.484 e. The molecule has 202 valence electrons. The van der Waals surface area contributed by atoms with Gasteiger partial charge < -0.3 is 20.1 Å². The molecule has 0 unspecified atom stereocenters. The summed E-state index contributed by atoms with van der Waals surface area (Å²) in [6, 6.07) is 4.65. The highest BCUT2D eigenvalue weighted by Crippen LogP contribution is 2.44. The number of anilines is 1. The number of ether oxygens (including phenoxy) is 2. The number of nitrogens with zero attached hydrogens (tertiary/aromatic N) is 2. The number of aryl methyl sites for hydroxylation is 2. The van der Waals surface area contributed by atoms with Crippen LogP contribution in [0.5, 0.6) is 5.75 Å². The van der Waals surface area contributed by atoms with Gasteiger partial charge in [-0.2, -0.15) is 18.3 Å². The van der Waals surface area contributed by atoms with Gasteiger partial charge in [0.1, 0.15) is 22.9 Å². The zero-order chi connectivity index (χ0) is 27.0. The lowest BCUT2D eigenvalue weighted by Crippen LogP contribution is -2.49. The third kappa shape index (κ3) is 6.06. The summed E-state index contributed by atoms with van der Waals surface area (Å²) >= 11 is 0. The summed E-state index contributed by atoms with van der Waals surface area (Å²) in [5, 5.41) is 10.1. The Kier molecular flexibility index (Phi) is 7.25. The highest BCUT2D eigenvalue weighted by molar-refractivity contribution is 7.91. The number of sulfone groups is 1. The Hall–Kier alpha value is -3.13. The lowest BCUT2D eigenvalue weighted by atomic mass is 9.82. The predicted molar refractivity (Wildman–Crippen MR) is 126 cm³/mol. The second kappa shape index (κ2) is 9.97. The van der Waals surface area contributed by atoms with Crippen molar-refractivity contribution in [3.8, 4) is 5.75 Å². The van der Waals surface area contributed by atoms with Gasteiger partial charge in [-0.3, -0.25) is 9.59 Å². The summed E-state index contributed by atoms with van der Waals surface area (Å²) in [4.78, 5) is 25.7. The number of hydrogen-bond donors (Lipinski definition) is 2. The number of hydrogen-bond acceptors (Lipinski definition) is 7. The molecule has 1 spiro atoms. The average Bonchev–Trinajstić information content (AvgIpc) is 3.29. The van der Waals surface area contributed by atoms with E-state index < -0.39 is 45.7 Å². The van der Waals surface area contributed by atoms with Crippen LogP contribution in [0.1, 0.15) is 40.0 Å². The maximum atomic E-state index is 13.4. The fourth-order valence-electron chi connectivity index (χ4n) is 4.83. The van der Waals surface area contributed by atoms with E-state index in [2.05, 4.69) is 15.7 Å². The molecule has 10 nitrogen and oxygen atoms in total. The Morgan fingerprint density at radius 2 is 2.08 bits per heavy atom. The standard InChI is InChI=1S/C23H27F3N4O6S/c1-35-9-3-8-30-20(27-18(31)12-37(2,33)34)19-17(29-30)11-22(28-21(19)32)7-6-14-10-15(4-5-16(14)22)36-13-23(24,25)26/h4-5,10H,3,6-9,11-13H2,1-2H3,(H,27,31)(H,28,32)/t22-/m0/s1. The SMILES string of the molecule is COCCCn1nc2c(c1NC(=O)CS(C)(=O)=O)C(=O)N[C@@]1(CCc3cc(OCC(F)(F)F)ccc31)C2. The third-order valence-electron chi connectivity index (χ3n) is 6.26. The first kappa shape index (κ1) is 26.9. The van der Waals surface area contributed by atoms with Crippen molar-refractivity contribution in [2.45, 2.75) is 43.9 Å². The highest BCUT2D eigenvalue weighted by atomic mass is 32.2. The minimum absolute atomic E-state index is 0.0919. The Morgan fingerprint density at radius 1 is 1.32 bits per heavy atom. The highest BCUT2D eigenvalue weighted by Gasteiger charge is 2.46. The molecule has 1 aromatic heterocycles. The van der Waals surface area contributed by atoms with Crippen LogP contribution in [0.2, 0.25) is 0 Å². The molecule has 1 aliphatic carbocycles. The van der Waals surface area contributed by atoms with Gasteiger partial charge >= 0.3 is 6.18 Å². The largest absolute Gasteiger partial charge is 0.484 e. The number of amides is 2. The first-order valence-electron chi connectivity index (χ1n) is 11.5. The predicted octanol–water partition coefficient (Wildman–Crippen LogP) is 1.97. The van der Waals surface area contributed by atoms with E-state index in [1.807, 2.05) is 0 Å². The lowest BCUT2D eigenvalue weighted by Gasteiger charge is -2.35. The Bertz CT molecular complexity index is 1320. The van der Waals surface area contributed by atoms with Gasteiger partial charge in [0.15, 0.2) is 16.4 Å². The van der Waals surface area contributed by atoms with Crippen molar-refractivity contribution in [1.82, 2.24) is 15.1 Å². The number of benzene rings is 1. The van der Waals surface area contributed by atoms with E-state index in [4.69, 9.17) is 9.47 Å². The quantitative estimate of drug-likeness (QED) is 0.462. The number of carbonyl (C=O) groups is 2. The van der Waals surface area contributed by atoms with Crippen LogP contribution in [-0.2, 0) is 44.3 Å². The van der Waals surface area contributed by atoms with Crippen molar-refractivity contribution in [3.63, 3.8) is 0 Å². The van der Waals surface area contributed by atoms with Crippen LogP contribution >= 0.6 is 0 Å². The van der Waals surface area contributed by atoms with Gasteiger partial charge in [0, 0.05) is 32.9 Å². The minimum atomic E-state index is -4.45. The van der Waals surface area contributed by atoms with Crippen LogP contribution in [0.25, 0.3) is 0 Å². The molecule has 0 bridgehead atoms. The molecule has 1 aromatic carbocycles. The first-order valence-corrected chi connectivity index (χ1v) is 13.6. The molecule has 1 atom stereocenters. The van der Waals surface area contributed by atoms with Crippen molar-refractivity contribution >= 4 is 27.5 Å². The number of nitrogens with one attached hydrogen (secondary N) is 2. The molecular formula is C23H27F3N4O6S. The number of rotatable bonds is 9. The number of methoxy groups -OCH3 is 1. The Labute approximate surface area is 211 Å². The van der Waals surface area contributed by atoms with Gasteiger partial charge in [-0.05, 0) is 42.5 Å². The maximum absolute atomic E-state index is 13.4. The molecule has 14 heteroatoms. The molecule has 0 radical (unpaired) electrons. The summed E-state index contributed by atoms with van der Waals surface area (Å²) in [5.74, 6) is -1.82. The van der Waals surface area contributed by atoms with Crippen molar-refractivity contribution in [3.05, 3.63) is 40.6 Å². The summed E-state index contributed by atoms with van der Waals surface area (Å²) < 4.78 is 72.2. The number of aromatic nitrogens is 2. The van der Waals surface area contributed by atoms with E-state index in [1.165, 1.54) is 17.9 Å². The molecule has 2 N–H and O–H groups in total. The zero-order valence-corrected chi connectivity index (χ0v) is 21.1. The van der Waals surface area contributed by atoms with Crippen LogP contribution in [0.3, 0.4) is 0 Å². The lowest BCUT2D eigenvalue weighted by molar-refractivity contribution is -0.153. The number of alkyl halides is 3. The maximum Gasteiger partial charge on any atom is 0.422 e. The van der Waals surface area contributed by atoms with Crippen molar-refractivity contribution in [1.29, 1.82) is 0 Å². The molecule has 4 rings (SSSR count). The Morgan fingerprint density at radius 3 is 2.76 bits per heavy atom. The summed E-state index contributed by atoms with van der Waals surface area (Å²) in [6.07, 6.45) is -1.68. The first-order chi connectivity index (χ1) is 17.3. The van der Waals surface area contributed by atoms with Gasteiger partial charge in [-0.15, -0.1) is 0 Å². The smallest absolute Gasteiger partial charge is 0.422 e. The second-order valence-corrected chi connectivity index (χ2v) is 11.4. The van der Waals surface area contributed by atoms with Crippen LogP contribution in [0.4, 0.5) is 19.0 Å². The van der Waals surface area contributed by atoms with Crippen molar-refractivity contribution < 1.29 is 40.7 Å². The van der Waals surface area contributed by atoms with Gasteiger partial charge in [0.25, 0.3) is 5.91 Å². The molecular weight excluding hydrogens is 517 g/mol. The van der Waals surface area contributed by atoms with Crippen LogP contribution < -0.4 is 15.4 Å². The second-order valence-electron chi connectivity index (χ2n) is 9.29. The van der Waals surface area contributed by atoms with Crippen LogP contribution in [0, 0.1) is 0 Å².